The summed E-state index contributed by atoms with van der Waals surface area (Å²) in [5.41, 5.74) is 5.42. The zero-order valence-corrected chi connectivity index (χ0v) is 14.2. The van der Waals surface area contributed by atoms with Crippen LogP contribution in [0.1, 0.15) is 65.6 Å². The second-order valence-corrected chi connectivity index (χ2v) is 6.08. The summed E-state index contributed by atoms with van der Waals surface area (Å²) < 4.78 is 11.4. The van der Waals surface area contributed by atoms with Crippen molar-refractivity contribution in [3.8, 4) is 0 Å². The number of rotatable bonds is 10. The molecule has 1 heterocycles. The predicted molar refractivity (Wildman–Crippen MR) is 83.9 cm³/mol. The number of nitrogens with two attached hydrogens (primary N) is 1. The largest absolute Gasteiger partial charge is 0.367 e. The molecule has 0 unspecified atom stereocenters. The Morgan fingerprint density at radius 1 is 1.24 bits per heavy atom. The van der Waals surface area contributed by atoms with Gasteiger partial charge in [0, 0.05) is 13.0 Å². The summed E-state index contributed by atoms with van der Waals surface area (Å²) in [6, 6.07) is 0. The van der Waals surface area contributed by atoms with E-state index < -0.39 is 5.60 Å². The number of hydrogen-bond acceptors (Lipinski definition) is 5. The molecule has 0 aliphatic rings. The highest BCUT2D eigenvalue weighted by atomic mass is 16.5. The molecule has 1 rings (SSSR count). The fourth-order valence-electron chi connectivity index (χ4n) is 2.81. The van der Waals surface area contributed by atoms with Crippen LogP contribution in [-0.4, -0.2) is 23.3 Å². The van der Waals surface area contributed by atoms with E-state index in [2.05, 4.69) is 37.8 Å². The molecule has 0 aliphatic carbocycles. The van der Waals surface area contributed by atoms with Gasteiger partial charge in [0.05, 0.1) is 0 Å². The van der Waals surface area contributed by atoms with E-state index in [0.29, 0.717) is 36.7 Å². The lowest BCUT2D eigenvalue weighted by atomic mass is 9.94. The Kier molecular flexibility index (Phi) is 7.32. The van der Waals surface area contributed by atoms with Crippen molar-refractivity contribution in [2.45, 2.75) is 65.9 Å². The van der Waals surface area contributed by atoms with Crippen molar-refractivity contribution in [2.24, 2.45) is 17.6 Å². The van der Waals surface area contributed by atoms with E-state index in [-0.39, 0.29) is 0 Å². The van der Waals surface area contributed by atoms with Crippen molar-refractivity contribution in [1.29, 1.82) is 0 Å². The molecule has 5 nitrogen and oxygen atoms in total. The summed E-state index contributed by atoms with van der Waals surface area (Å²) in [6.07, 6.45) is 3.49. The molecule has 0 bridgehead atoms. The number of aromatic nitrogens is 2. The minimum absolute atomic E-state index is 0.392. The van der Waals surface area contributed by atoms with Crippen LogP contribution in [0.2, 0.25) is 0 Å². The highest BCUT2D eigenvalue weighted by Crippen LogP contribution is 2.31. The fourth-order valence-corrected chi connectivity index (χ4v) is 2.81. The van der Waals surface area contributed by atoms with Crippen molar-refractivity contribution in [1.82, 2.24) is 10.1 Å². The SMILES string of the molecule is CCOC(CC)(CC)c1noc(C[C@@H](CN)CC(C)C)n1. The number of hydrogen-bond donors (Lipinski definition) is 1. The Morgan fingerprint density at radius 2 is 1.90 bits per heavy atom. The van der Waals surface area contributed by atoms with Gasteiger partial charge in [-0.2, -0.15) is 4.98 Å². The molecule has 0 aliphatic heterocycles. The fraction of sp³-hybridized carbons (Fsp3) is 0.875. The van der Waals surface area contributed by atoms with Gasteiger partial charge in [-0.25, -0.2) is 0 Å². The third-order valence-corrected chi connectivity index (χ3v) is 4.04. The molecule has 0 amide bonds. The lowest BCUT2D eigenvalue weighted by Crippen LogP contribution is -2.30. The molecule has 0 spiro atoms. The van der Waals surface area contributed by atoms with Gasteiger partial charge in [-0.15, -0.1) is 0 Å². The zero-order valence-electron chi connectivity index (χ0n) is 14.2. The van der Waals surface area contributed by atoms with Crippen molar-refractivity contribution < 1.29 is 9.26 Å². The van der Waals surface area contributed by atoms with Gasteiger partial charge in [-0.05, 0) is 44.6 Å². The van der Waals surface area contributed by atoms with Crippen LogP contribution in [0.4, 0.5) is 0 Å². The molecule has 1 aromatic heterocycles. The Hall–Kier alpha value is -0.940. The van der Waals surface area contributed by atoms with Gasteiger partial charge in [0.2, 0.25) is 11.7 Å². The van der Waals surface area contributed by atoms with Crippen LogP contribution < -0.4 is 5.73 Å². The molecule has 0 saturated carbocycles. The standard InChI is InChI=1S/C16H31N3O2/c1-6-16(7-2,20-8-3)15-18-14(21-19-15)10-13(11-17)9-12(4)5/h12-13H,6-11,17H2,1-5H3/t13-/m0/s1. The maximum atomic E-state index is 5.91. The maximum Gasteiger partial charge on any atom is 0.227 e. The van der Waals surface area contributed by atoms with Gasteiger partial charge in [-0.3, -0.25) is 0 Å². The van der Waals surface area contributed by atoms with Crippen molar-refractivity contribution in [3.05, 3.63) is 11.7 Å². The van der Waals surface area contributed by atoms with Gasteiger partial charge < -0.3 is 15.0 Å². The summed E-state index contributed by atoms with van der Waals surface area (Å²) >= 11 is 0. The summed E-state index contributed by atoms with van der Waals surface area (Å²) in [5, 5.41) is 4.16. The Labute approximate surface area is 128 Å². The Morgan fingerprint density at radius 3 is 2.38 bits per heavy atom. The van der Waals surface area contributed by atoms with E-state index in [4.69, 9.17) is 15.0 Å². The summed E-state index contributed by atoms with van der Waals surface area (Å²) in [5.74, 6) is 2.36. The molecule has 0 saturated heterocycles. The van der Waals surface area contributed by atoms with Gasteiger partial charge in [0.15, 0.2) is 0 Å². The number of nitrogens with zero attached hydrogens (tertiary/aromatic N) is 2. The normalized spacial score (nSPS) is 13.9. The van der Waals surface area contributed by atoms with Gasteiger partial charge in [0.1, 0.15) is 5.60 Å². The molecule has 0 radical (unpaired) electrons. The van der Waals surface area contributed by atoms with Crippen molar-refractivity contribution in [3.63, 3.8) is 0 Å². The van der Waals surface area contributed by atoms with Crippen molar-refractivity contribution in [2.75, 3.05) is 13.2 Å². The molecule has 2 N–H and O–H groups in total. The highest BCUT2D eigenvalue weighted by Gasteiger charge is 2.34. The van der Waals surface area contributed by atoms with E-state index >= 15 is 0 Å². The van der Waals surface area contributed by atoms with E-state index in [1.807, 2.05) is 6.92 Å². The summed E-state index contributed by atoms with van der Waals surface area (Å²) in [6.45, 7) is 11.9. The van der Waals surface area contributed by atoms with E-state index in [0.717, 1.165) is 25.7 Å². The van der Waals surface area contributed by atoms with Crippen LogP contribution in [-0.2, 0) is 16.8 Å². The first kappa shape index (κ1) is 18.1. The molecule has 21 heavy (non-hydrogen) atoms. The minimum atomic E-state index is -0.424. The summed E-state index contributed by atoms with van der Waals surface area (Å²) in [4.78, 5) is 4.58. The monoisotopic (exact) mass is 297 g/mol. The van der Waals surface area contributed by atoms with Gasteiger partial charge in [-0.1, -0.05) is 32.9 Å². The molecular formula is C16H31N3O2. The summed E-state index contributed by atoms with van der Waals surface area (Å²) in [7, 11) is 0. The molecule has 122 valence electrons. The predicted octanol–water partition coefficient (Wildman–Crippen LogP) is 3.28. The van der Waals surface area contributed by atoms with Crippen LogP contribution in [0.5, 0.6) is 0 Å². The van der Waals surface area contributed by atoms with Crippen molar-refractivity contribution >= 4 is 0 Å². The first-order valence-electron chi connectivity index (χ1n) is 8.18. The lowest BCUT2D eigenvalue weighted by molar-refractivity contribution is -0.0583. The molecule has 0 fully saturated rings. The van der Waals surface area contributed by atoms with Crippen LogP contribution in [0.25, 0.3) is 0 Å². The smallest absolute Gasteiger partial charge is 0.227 e. The first-order chi connectivity index (χ1) is 10.0. The molecule has 5 heteroatoms. The molecule has 0 aromatic carbocycles. The quantitative estimate of drug-likeness (QED) is 0.717. The average Bonchev–Trinajstić information content (AvgIpc) is 2.92. The van der Waals surface area contributed by atoms with Gasteiger partial charge in [0.25, 0.3) is 0 Å². The van der Waals surface area contributed by atoms with Crippen LogP contribution >= 0.6 is 0 Å². The Bertz CT molecular complexity index is 400. The van der Waals surface area contributed by atoms with Crippen LogP contribution in [0.3, 0.4) is 0 Å². The molecular weight excluding hydrogens is 266 g/mol. The van der Waals surface area contributed by atoms with E-state index in [1.165, 1.54) is 0 Å². The number of ether oxygens (including phenoxy) is 1. The Balaban J connectivity index is 2.83. The van der Waals surface area contributed by atoms with Crippen LogP contribution in [0, 0.1) is 11.8 Å². The first-order valence-corrected chi connectivity index (χ1v) is 8.18. The third kappa shape index (κ3) is 4.78. The topological polar surface area (TPSA) is 74.2 Å². The second-order valence-electron chi connectivity index (χ2n) is 6.08. The molecule has 1 aromatic rings. The van der Waals surface area contributed by atoms with Crippen LogP contribution in [0.15, 0.2) is 4.52 Å². The van der Waals surface area contributed by atoms with E-state index in [9.17, 15) is 0 Å². The maximum absolute atomic E-state index is 5.91. The van der Waals surface area contributed by atoms with Gasteiger partial charge >= 0.3 is 0 Å². The third-order valence-electron chi connectivity index (χ3n) is 4.04. The average molecular weight is 297 g/mol. The zero-order chi connectivity index (χ0) is 15.9. The molecule has 1 atom stereocenters. The van der Waals surface area contributed by atoms with E-state index in [1.54, 1.807) is 0 Å². The highest BCUT2D eigenvalue weighted by molar-refractivity contribution is 5.01. The second kappa shape index (κ2) is 8.49. The minimum Gasteiger partial charge on any atom is -0.367 e. The lowest BCUT2D eigenvalue weighted by Gasteiger charge is -2.27.